The van der Waals surface area contributed by atoms with Crippen LogP contribution in [0.1, 0.15) is 33.6 Å². The second-order valence-corrected chi connectivity index (χ2v) is 4.52. The van der Waals surface area contributed by atoms with Gasteiger partial charge in [-0.1, -0.05) is 20.3 Å². The van der Waals surface area contributed by atoms with E-state index in [1.165, 1.54) is 7.05 Å². The van der Waals surface area contributed by atoms with Gasteiger partial charge >= 0.3 is 6.03 Å². The first-order chi connectivity index (χ1) is 7.35. The van der Waals surface area contributed by atoms with Gasteiger partial charge in [-0.05, 0) is 19.3 Å². The van der Waals surface area contributed by atoms with E-state index in [4.69, 9.17) is 0 Å². The predicted molar refractivity (Wildman–Crippen MR) is 58.5 cm³/mol. The van der Waals surface area contributed by atoms with E-state index in [1.54, 1.807) is 6.92 Å². The highest BCUT2D eigenvalue weighted by Gasteiger charge is 2.52. The van der Waals surface area contributed by atoms with E-state index in [-0.39, 0.29) is 5.92 Å². The molecule has 2 atom stereocenters. The lowest BCUT2D eigenvalue weighted by Crippen LogP contribution is -2.63. The van der Waals surface area contributed by atoms with Crippen molar-refractivity contribution >= 4 is 17.8 Å². The molecule has 0 aromatic rings. The summed E-state index contributed by atoms with van der Waals surface area (Å²) in [7, 11) is 1.39. The molecule has 0 spiro atoms. The Morgan fingerprint density at radius 1 is 1.38 bits per heavy atom. The zero-order valence-corrected chi connectivity index (χ0v) is 10.2. The van der Waals surface area contributed by atoms with Gasteiger partial charge in [-0.25, -0.2) is 4.79 Å². The summed E-state index contributed by atoms with van der Waals surface area (Å²) in [6.45, 7) is 5.47. The molecular weight excluding hydrogens is 208 g/mol. The number of urea groups is 1. The molecule has 16 heavy (non-hydrogen) atoms. The smallest absolute Gasteiger partial charge is 0.277 e. The molecule has 0 aromatic heterocycles. The van der Waals surface area contributed by atoms with Crippen LogP contribution in [-0.4, -0.2) is 29.8 Å². The molecule has 1 saturated heterocycles. The van der Waals surface area contributed by atoms with Crippen LogP contribution in [0.4, 0.5) is 4.79 Å². The molecular formula is C11H18N2O3. The quantitative estimate of drug-likeness (QED) is 0.734. The van der Waals surface area contributed by atoms with E-state index in [0.29, 0.717) is 0 Å². The number of amides is 4. The minimum atomic E-state index is -1.13. The summed E-state index contributed by atoms with van der Waals surface area (Å²) in [5.74, 6) is -0.982. The van der Waals surface area contributed by atoms with Crippen LogP contribution < -0.4 is 5.32 Å². The number of rotatable bonds is 3. The predicted octanol–water partition coefficient (Wildman–Crippen LogP) is 1.14. The van der Waals surface area contributed by atoms with Crippen molar-refractivity contribution in [3.8, 4) is 0 Å². The van der Waals surface area contributed by atoms with Crippen LogP contribution in [0.15, 0.2) is 0 Å². The topological polar surface area (TPSA) is 66.5 Å². The maximum atomic E-state index is 12.0. The van der Waals surface area contributed by atoms with Gasteiger partial charge in [-0.15, -0.1) is 0 Å². The number of carbonyl (C=O) groups excluding carboxylic acids is 3. The Labute approximate surface area is 95.2 Å². The largest absolute Gasteiger partial charge is 0.330 e. The summed E-state index contributed by atoms with van der Waals surface area (Å²) in [6.07, 6.45) is 1.67. The summed E-state index contributed by atoms with van der Waals surface area (Å²) in [5, 5.41) is 2.22. The molecule has 0 bridgehead atoms. The van der Waals surface area contributed by atoms with Crippen LogP contribution in [-0.2, 0) is 9.59 Å². The number of barbiturate groups is 1. The molecule has 90 valence electrons. The van der Waals surface area contributed by atoms with E-state index in [0.717, 1.165) is 17.7 Å². The second kappa shape index (κ2) is 4.23. The van der Waals surface area contributed by atoms with Gasteiger partial charge in [0.2, 0.25) is 11.8 Å². The van der Waals surface area contributed by atoms with Crippen molar-refractivity contribution < 1.29 is 14.4 Å². The van der Waals surface area contributed by atoms with Crippen molar-refractivity contribution in [3.63, 3.8) is 0 Å². The van der Waals surface area contributed by atoms with Crippen molar-refractivity contribution in [1.82, 2.24) is 10.2 Å². The fourth-order valence-electron chi connectivity index (χ4n) is 2.00. The highest BCUT2D eigenvalue weighted by atomic mass is 16.2. The molecule has 0 saturated carbocycles. The van der Waals surface area contributed by atoms with Crippen LogP contribution >= 0.6 is 0 Å². The highest BCUT2D eigenvalue weighted by Crippen LogP contribution is 2.34. The standard InChI is InChI=1S/C11H18N2O3/c1-5-6-7(2)11(3)8(14)12-10(16)13(4)9(11)15/h7H,5-6H2,1-4H3,(H,12,14,16)/t7-,11-/m1/s1. The Kier molecular flexibility index (Phi) is 3.35. The molecule has 1 aliphatic heterocycles. The van der Waals surface area contributed by atoms with E-state index in [9.17, 15) is 14.4 Å². The maximum Gasteiger partial charge on any atom is 0.330 e. The fraction of sp³-hybridized carbons (Fsp3) is 0.727. The first-order valence-corrected chi connectivity index (χ1v) is 5.49. The molecule has 1 heterocycles. The average molecular weight is 226 g/mol. The lowest BCUT2D eigenvalue weighted by atomic mass is 9.73. The Hall–Kier alpha value is -1.39. The zero-order chi connectivity index (χ0) is 12.5. The lowest BCUT2D eigenvalue weighted by molar-refractivity contribution is -0.153. The van der Waals surface area contributed by atoms with Crippen LogP contribution in [0.2, 0.25) is 0 Å². The molecule has 5 heteroatoms. The van der Waals surface area contributed by atoms with Gasteiger partial charge in [0.05, 0.1) is 0 Å². The minimum Gasteiger partial charge on any atom is -0.277 e. The summed E-state index contributed by atoms with van der Waals surface area (Å²) in [4.78, 5) is 36.1. The summed E-state index contributed by atoms with van der Waals surface area (Å²) in [6, 6.07) is -0.642. The number of imide groups is 2. The summed E-state index contributed by atoms with van der Waals surface area (Å²) >= 11 is 0. The molecule has 1 aliphatic rings. The van der Waals surface area contributed by atoms with E-state index < -0.39 is 23.3 Å². The van der Waals surface area contributed by atoms with Gasteiger partial charge in [0, 0.05) is 7.05 Å². The second-order valence-electron chi connectivity index (χ2n) is 4.52. The molecule has 4 amide bonds. The third-order valence-electron chi connectivity index (χ3n) is 3.45. The highest BCUT2D eigenvalue weighted by molar-refractivity contribution is 6.18. The molecule has 5 nitrogen and oxygen atoms in total. The Morgan fingerprint density at radius 2 is 1.94 bits per heavy atom. The van der Waals surface area contributed by atoms with Crippen molar-refractivity contribution in [1.29, 1.82) is 0 Å². The van der Waals surface area contributed by atoms with Crippen LogP contribution in [0.5, 0.6) is 0 Å². The zero-order valence-electron chi connectivity index (χ0n) is 10.2. The first kappa shape index (κ1) is 12.7. The van der Waals surface area contributed by atoms with Gasteiger partial charge in [0.15, 0.2) is 0 Å². The van der Waals surface area contributed by atoms with Crippen LogP contribution in [0, 0.1) is 11.3 Å². The Morgan fingerprint density at radius 3 is 2.44 bits per heavy atom. The van der Waals surface area contributed by atoms with Crippen LogP contribution in [0.25, 0.3) is 0 Å². The average Bonchev–Trinajstić information content (AvgIpc) is 2.24. The SMILES string of the molecule is CCC[C@@H](C)[C@]1(C)C(=O)NC(=O)N(C)C1=O. The number of hydrogen-bond donors (Lipinski definition) is 1. The monoisotopic (exact) mass is 226 g/mol. The van der Waals surface area contributed by atoms with Crippen molar-refractivity contribution in [3.05, 3.63) is 0 Å². The molecule has 1 N–H and O–H groups in total. The fourth-order valence-corrected chi connectivity index (χ4v) is 2.00. The summed E-state index contributed by atoms with van der Waals surface area (Å²) < 4.78 is 0. The molecule has 1 rings (SSSR count). The molecule has 0 aromatic carbocycles. The third-order valence-corrected chi connectivity index (χ3v) is 3.45. The van der Waals surface area contributed by atoms with Crippen molar-refractivity contribution in [2.24, 2.45) is 11.3 Å². The number of nitrogens with zero attached hydrogens (tertiary/aromatic N) is 1. The van der Waals surface area contributed by atoms with Crippen molar-refractivity contribution in [2.45, 2.75) is 33.6 Å². The molecule has 0 aliphatic carbocycles. The van der Waals surface area contributed by atoms with Crippen molar-refractivity contribution in [2.75, 3.05) is 7.05 Å². The van der Waals surface area contributed by atoms with Gasteiger partial charge in [-0.3, -0.25) is 19.8 Å². The first-order valence-electron chi connectivity index (χ1n) is 5.49. The van der Waals surface area contributed by atoms with E-state index in [1.807, 2.05) is 13.8 Å². The van der Waals surface area contributed by atoms with E-state index in [2.05, 4.69) is 5.32 Å². The molecule has 0 radical (unpaired) electrons. The number of hydrogen-bond acceptors (Lipinski definition) is 3. The summed E-state index contributed by atoms with van der Waals surface area (Å²) in [5.41, 5.74) is -1.13. The van der Waals surface area contributed by atoms with Gasteiger partial charge in [-0.2, -0.15) is 0 Å². The van der Waals surface area contributed by atoms with Gasteiger partial charge in [0.1, 0.15) is 5.41 Å². The normalized spacial score (nSPS) is 28.0. The van der Waals surface area contributed by atoms with E-state index >= 15 is 0 Å². The minimum absolute atomic E-state index is 0.0828. The van der Waals surface area contributed by atoms with Gasteiger partial charge in [0.25, 0.3) is 0 Å². The Balaban J connectivity index is 3.05. The molecule has 0 unspecified atom stereocenters. The maximum absolute atomic E-state index is 12.0. The Bertz CT molecular complexity index is 340. The third kappa shape index (κ3) is 1.70. The van der Waals surface area contributed by atoms with Crippen LogP contribution in [0.3, 0.4) is 0 Å². The van der Waals surface area contributed by atoms with Gasteiger partial charge < -0.3 is 0 Å². The molecule has 1 fully saturated rings. The number of carbonyl (C=O) groups is 3. The lowest BCUT2D eigenvalue weighted by Gasteiger charge is -2.39. The number of nitrogens with one attached hydrogen (secondary N) is 1.